The first-order valence-corrected chi connectivity index (χ1v) is 6.06. The summed E-state index contributed by atoms with van der Waals surface area (Å²) >= 11 is 0. The Morgan fingerprint density at radius 2 is 1.60 bits per heavy atom. The second kappa shape index (κ2) is 4.66. The summed E-state index contributed by atoms with van der Waals surface area (Å²) < 4.78 is 0. The summed E-state index contributed by atoms with van der Waals surface area (Å²) in [6, 6.07) is 14.2. The van der Waals surface area contributed by atoms with Gasteiger partial charge in [-0.15, -0.1) is 0 Å². The van der Waals surface area contributed by atoms with Crippen molar-refractivity contribution in [2.24, 2.45) is 0 Å². The highest BCUT2D eigenvalue weighted by molar-refractivity contribution is 5.90. The lowest BCUT2D eigenvalue weighted by Crippen LogP contribution is -1.99. The van der Waals surface area contributed by atoms with E-state index in [1.807, 2.05) is 24.3 Å². The molecule has 2 aromatic carbocycles. The highest BCUT2D eigenvalue weighted by atomic mass is 16.4. The number of pyridine rings is 1. The lowest BCUT2D eigenvalue weighted by atomic mass is 10.0. The number of benzene rings is 2. The normalized spacial score (nSPS) is 10.6. The summed E-state index contributed by atoms with van der Waals surface area (Å²) in [5.41, 5.74) is 1.73. The Balaban J connectivity index is 2.12. The van der Waals surface area contributed by atoms with E-state index in [2.05, 4.69) is 4.98 Å². The summed E-state index contributed by atoms with van der Waals surface area (Å²) in [5, 5.41) is 20.3. The van der Waals surface area contributed by atoms with Crippen LogP contribution < -0.4 is 0 Å². The van der Waals surface area contributed by atoms with Gasteiger partial charge in [-0.1, -0.05) is 18.2 Å². The largest absolute Gasteiger partial charge is 0.508 e. The van der Waals surface area contributed by atoms with Crippen LogP contribution in [-0.4, -0.2) is 21.2 Å². The van der Waals surface area contributed by atoms with Crippen LogP contribution in [0.2, 0.25) is 0 Å². The van der Waals surface area contributed by atoms with Crippen molar-refractivity contribution < 1.29 is 15.0 Å². The molecular weight excluding hydrogens is 254 g/mol. The summed E-state index contributed by atoms with van der Waals surface area (Å²) in [6.07, 6.45) is 1.49. The van der Waals surface area contributed by atoms with Crippen LogP contribution in [0.5, 0.6) is 5.75 Å². The van der Waals surface area contributed by atoms with Gasteiger partial charge in [0.05, 0.1) is 0 Å². The highest BCUT2D eigenvalue weighted by Gasteiger charge is 2.07. The molecule has 0 radical (unpaired) electrons. The molecule has 0 aliphatic carbocycles. The first-order valence-electron chi connectivity index (χ1n) is 6.06. The molecule has 20 heavy (non-hydrogen) atoms. The molecule has 98 valence electrons. The zero-order chi connectivity index (χ0) is 14.1. The molecule has 0 bridgehead atoms. The number of nitrogens with zero attached hydrogens (tertiary/aromatic N) is 1. The number of hydrogen-bond donors (Lipinski definition) is 2. The van der Waals surface area contributed by atoms with Crippen LogP contribution in [0.25, 0.3) is 21.9 Å². The molecule has 1 aromatic heterocycles. The molecule has 0 atom stereocenters. The molecule has 0 aliphatic heterocycles. The number of carbonyl (C=O) groups is 1. The first-order chi connectivity index (χ1) is 9.63. The van der Waals surface area contributed by atoms with Crippen LogP contribution in [0.3, 0.4) is 0 Å². The summed E-state index contributed by atoms with van der Waals surface area (Å²) in [7, 11) is 0. The molecule has 1 heterocycles. The third-order valence-electron chi connectivity index (χ3n) is 3.14. The van der Waals surface area contributed by atoms with Crippen molar-refractivity contribution >= 4 is 16.7 Å². The van der Waals surface area contributed by atoms with Gasteiger partial charge in [0.2, 0.25) is 0 Å². The number of phenols is 1. The Hall–Kier alpha value is -2.88. The van der Waals surface area contributed by atoms with Gasteiger partial charge in [0.1, 0.15) is 11.4 Å². The van der Waals surface area contributed by atoms with Crippen molar-refractivity contribution in [3.8, 4) is 16.9 Å². The van der Waals surface area contributed by atoms with Gasteiger partial charge in [0, 0.05) is 6.20 Å². The van der Waals surface area contributed by atoms with Crippen molar-refractivity contribution in [1.29, 1.82) is 0 Å². The van der Waals surface area contributed by atoms with E-state index in [1.165, 1.54) is 6.20 Å². The Labute approximate surface area is 115 Å². The van der Waals surface area contributed by atoms with E-state index >= 15 is 0 Å². The van der Waals surface area contributed by atoms with E-state index in [9.17, 15) is 9.90 Å². The van der Waals surface area contributed by atoms with Crippen molar-refractivity contribution in [2.45, 2.75) is 0 Å². The number of rotatable bonds is 2. The standard InChI is InChI=1S/C16H11NO3/c18-14-4-3-11-7-10(1-2-12(11)8-14)13-5-6-17-15(9-13)16(19)20/h1-9,18H,(H,19,20). The molecule has 3 aromatic rings. The van der Waals surface area contributed by atoms with Gasteiger partial charge < -0.3 is 10.2 Å². The minimum Gasteiger partial charge on any atom is -0.508 e. The van der Waals surface area contributed by atoms with Crippen molar-refractivity contribution in [2.75, 3.05) is 0 Å². The number of aromatic hydroxyl groups is 1. The quantitative estimate of drug-likeness (QED) is 0.745. The fraction of sp³-hybridized carbons (Fsp3) is 0. The van der Waals surface area contributed by atoms with Gasteiger partial charge in [0.15, 0.2) is 0 Å². The SMILES string of the molecule is O=C(O)c1cc(-c2ccc3cc(O)ccc3c2)ccn1. The summed E-state index contributed by atoms with van der Waals surface area (Å²) in [6.45, 7) is 0. The number of carboxylic acids is 1. The van der Waals surface area contributed by atoms with E-state index in [0.29, 0.717) is 0 Å². The molecule has 0 fully saturated rings. The van der Waals surface area contributed by atoms with Gasteiger partial charge in [-0.05, 0) is 52.2 Å². The lowest BCUT2D eigenvalue weighted by Gasteiger charge is -2.05. The minimum atomic E-state index is -1.04. The number of fused-ring (bicyclic) bond motifs is 1. The molecule has 0 unspecified atom stereocenters. The summed E-state index contributed by atoms with van der Waals surface area (Å²) in [5.74, 6) is -0.820. The molecular formula is C16H11NO3. The Morgan fingerprint density at radius 1 is 0.900 bits per heavy atom. The van der Waals surface area contributed by atoms with Crippen LogP contribution in [0, 0.1) is 0 Å². The predicted molar refractivity (Wildman–Crippen MR) is 75.8 cm³/mol. The average Bonchev–Trinajstić information content (AvgIpc) is 2.47. The average molecular weight is 265 g/mol. The molecule has 4 heteroatoms. The van der Waals surface area contributed by atoms with E-state index < -0.39 is 5.97 Å². The Morgan fingerprint density at radius 3 is 2.40 bits per heavy atom. The first kappa shape index (κ1) is 12.2. The highest BCUT2D eigenvalue weighted by Crippen LogP contribution is 2.26. The van der Waals surface area contributed by atoms with Crippen LogP contribution in [0.1, 0.15) is 10.5 Å². The Bertz CT molecular complexity index is 812. The zero-order valence-electron chi connectivity index (χ0n) is 10.4. The number of aromatic nitrogens is 1. The van der Waals surface area contributed by atoms with Crippen molar-refractivity contribution in [3.63, 3.8) is 0 Å². The molecule has 0 aliphatic rings. The second-order valence-electron chi connectivity index (χ2n) is 4.48. The number of aromatic carboxylic acids is 1. The topological polar surface area (TPSA) is 70.4 Å². The second-order valence-corrected chi connectivity index (χ2v) is 4.48. The van der Waals surface area contributed by atoms with E-state index in [0.717, 1.165) is 21.9 Å². The molecule has 2 N–H and O–H groups in total. The molecule has 4 nitrogen and oxygen atoms in total. The van der Waals surface area contributed by atoms with Crippen LogP contribution in [-0.2, 0) is 0 Å². The number of carboxylic acid groups (broad SMARTS) is 1. The maximum atomic E-state index is 10.9. The third-order valence-corrected chi connectivity index (χ3v) is 3.14. The maximum Gasteiger partial charge on any atom is 0.354 e. The minimum absolute atomic E-state index is 0.0216. The lowest BCUT2D eigenvalue weighted by molar-refractivity contribution is 0.0690. The Kier molecular flexibility index (Phi) is 2.84. The van der Waals surface area contributed by atoms with E-state index in [-0.39, 0.29) is 11.4 Å². The smallest absolute Gasteiger partial charge is 0.354 e. The summed E-state index contributed by atoms with van der Waals surface area (Å²) in [4.78, 5) is 14.7. The van der Waals surface area contributed by atoms with Gasteiger partial charge in [-0.25, -0.2) is 9.78 Å². The molecule has 0 spiro atoms. The van der Waals surface area contributed by atoms with E-state index in [4.69, 9.17) is 5.11 Å². The van der Waals surface area contributed by atoms with Gasteiger partial charge >= 0.3 is 5.97 Å². The third kappa shape index (κ3) is 2.19. The molecule has 0 saturated carbocycles. The number of phenolic OH excluding ortho intramolecular Hbond substituents is 1. The van der Waals surface area contributed by atoms with Gasteiger partial charge in [0.25, 0.3) is 0 Å². The molecule has 3 rings (SSSR count). The van der Waals surface area contributed by atoms with Gasteiger partial charge in [-0.3, -0.25) is 0 Å². The fourth-order valence-corrected chi connectivity index (χ4v) is 2.14. The zero-order valence-corrected chi connectivity index (χ0v) is 10.4. The van der Waals surface area contributed by atoms with Crippen LogP contribution in [0.15, 0.2) is 54.7 Å². The molecule has 0 amide bonds. The van der Waals surface area contributed by atoms with Crippen LogP contribution in [0.4, 0.5) is 0 Å². The monoisotopic (exact) mass is 265 g/mol. The fourth-order valence-electron chi connectivity index (χ4n) is 2.14. The van der Waals surface area contributed by atoms with E-state index in [1.54, 1.807) is 24.3 Å². The maximum absolute atomic E-state index is 10.9. The van der Waals surface area contributed by atoms with Crippen molar-refractivity contribution in [3.05, 3.63) is 60.4 Å². The van der Waals surface area contributed by atoms with Crippen molar-refractivity contribution in [1.82, 2.24) is 4.98 Å². The predicted octanol–water partition coefficient (Wildman–Crippen LogP) is 3.31. The molecule has 0 saturated heterocycles. The number of hydrogen-bond acceptors (Lipinski definition) is 3. The van der Waals surface area contributed by atoms with Gasteiger partial charge in [-0.2, -0.15) is 0 Å². The van der Waals surface area contributed by atoms with Crippen LogP contribution >= 0.6 is 0 Å².